The van der Waals surface area contributed by atoms with Crippen molar-refractivity contribution in [2.24, 2.45) is 0 Å². The predicted octanol–water partition coefficient (Wildman–Crippen LogP) is 0.606. The van der Waals surface area contributed by atoms with Gasteiger partial charge in [0.2, 0.25) is 0 Å². The van der Waals surface area contributed by atoms with Crippen LogP contribution in [-0.4, -0.2) is 5.43 Å². The van der Waals surface area contributed by atoms with Crippen LogP contribution in [0, 0.1) is 0 Å². The van der Waals surface area contributed by atoms with Crippen molar-refractivity contribution in [2.75, 3.05) is 0 Å². The van der Waals surface area contributed by atoms with E-state index in [0.29, 0.717) is 0 Å². The zero-order valence-electron chi connectivity index (χ0n) is 16.3. The van der Waals surface area contributed by atoms with Gasteiger partial charge in [-0.25, -0.2) is 0 Å². The Bertz CT molecular complexity index is 904. The summed E-state index contributed by atoms with van der Waals surface area (Å²) >= 11 is -1.85. The normalized spacial score (nSPS) is 14.5. The topological polar surface area (TPSA) is 0 Å². The zero-order valence-corrected chi connectivity index (χ0v) is 21.2. The molecule has 0 atom stereocenters. The van der Waals surface area contributed by atoms with E-state index in [1.165, 1.54) is 35.1 Å². The molecule has 142 valence electrons. The second-order valence-electron chi connectivity index (χ2n) is 7.10. The van der Waals surface area contributed by atoms with Gasteiger partial charge in [-0.3, -0.25) is 0 Å². The largest absolute Gasteiger partial charge is 1.00 e. The SMILES string of the molecule is C[Si](C)=[Zr+2]([C]1=C(c2ccccc2)C=CC1)[C]1=C(c2ccccc2)C=CC1.[Cl-].[Cl-]. The molecule has 0 saturated carbocycles. The second-order valence-corrected chi connectivity index (χ2v) is 24.2. The van der Waals surface area contributed by atoms with Gasteiger partial charge in [0.15, 0.2) is 0 Å². The van der Waals surface area contributed by atoms with Crippen molar-refractivity contribution in [3.63, 3.8) is 0 Å². The molecule has 2 aromatic carbocycles. The molecule has 0 nitrogen and oxygen atoms in total. The van der Waals surface area contributed by atoms with Gasteiger partial charge >= 0.3 is 166 Å². The van der Waals surface area contributed by atoms with E-state index in [1.54, 1.807) is 0 Å². The monoisotopic (exact) mass is 500 g/mol. The van der Waals surface area contributed by atoms with Crippen molar-refractivity contribution in [2.45, 2.75) is 25.9 Å². The Kier molecular flexibility index (Phi) is 8.96. The first-order valence-corrected chi connectivity index (χ1v) is 18.0. The van der Waals surface area contributed by atoms with E-state index in [2.05, 4.69) is 98.1 Å². The van der Waals surface area contributed by atoms with Crippen LogP contribution in [-0.2, 0) is 20.4 Å². The molecule has 0 saturated heterocycles. The molecule has 0 bridgehead atoms. The Morgan fingerprint density at radius 3 is 1.39 bits per heavy atom. The molecule has 4 rings (SSSR count). The van der Waals surface area contributed by atoms with Crippen LogP contribution in [0.4, 0.5) is 0 Å². The molecule has 2 aliphatic carbocycles. The molecule has 0 N–H and O–H groups in total. The summed E-state index contributed by atoms with van der Waals surface area (Å²) in [5.41, 5.74) is 5.58. The molecule has 2 aliphatic rings. The Morgan fingerprint density at radius 2 is 1.04 bits per heavy atom. The van der Waals surface area contributed by atoms with Gasteiger partial charge in [0.1, 0.15) is 0 Å². The van der Waals surface area contributed by atoms with Crippen molar-refractivity contribution in [1.29, 1.82) is 0 Å². The molecule has 0 fully saturated rings. The van der Waals surface area contributed by atoms with Crippen LogP contribution < -0.4 is 24.8 Å². The van der Waals surface area contributed by atoms with E-state index in [9.17, 15) is 0 Å². The second kappa shape index (κ2) is 10.7. The van der Waals surface area contributed by atoms with Gasteiger partial charge in [0, 0.05) is 0 Å². The van der Waals surface area contributed by atoms with Crippen molar-refractivity contribution in [1.82, 2.24) is 0 Å². The first kappa shape index (κ1) is 23.4. The predicted molar refractivity (Wildman–Crippen MR) is 112 cm³/mol. The fraction of sp³-hybridized carbons (Fsp3) is 0.167. The zero-order chi connectivity index (χ0) is 17.9. The van der Waals surface area contributed by atoms with Crippen molar-refractivity contribution < 1.29 is 45.2 Å². The number of halogens is 2. The smallest absolute Gasteiger partial charge is 1.00 e. The molecular formula is C24H24Cl2SiZr. The van der Waals surface area contributed by atoms with Crippen LogP contribution in [0.25, 0.3) is 11.1 Å². The average Bonchev–Trinajstić information content (AvgIpc) is 3.33. The molecule has 0 aliphatic heterocycles. The Balaban J connectivity index is 0.00000140. The number of rotatable bonds is 4. The summed E-state index contributed by atoms with van der Waals surface area (Å²) in [5.74, 6) is 0. The van der Waals surface area contributed by atoms with Crippen LogP contribution in [0.2, 0.25) is 13.1 Å². The summed E-state index contributed by atoms with van der Waals surface area (Å²) in [6, 6.07) is 22.0. The summed E-state index contributed by atoms with van der Waals surface area (Å²) in [5, 5.41) is 0. The van der Waals surface area contributed by atoms with Crippen LogP contribution in [0.5, 0.6) is 0 Å². The summed E-state index contributed by atoms with van der Waals surface area (Å²) in [4.78, 5) is 0. The summed E-state index contributed by atoms with van der Waals surface area (Å²) in [6.45, 7) is 5.11. The molecule has 0 unspecified atom stereocenters. The third-order valence-electron chi connectivity index (χ3n) is 5.14. The minimum absolute atomic E-state index is 0. The molecule has 0 aromatic heterocycles. The molecule has 0 heterocycles. The van der Waals surface area contributed by atoms with E-state index in [-0.39, 0.29) is 30.2 Å². The quantitative estimate of drug-likeness (QED) is 0.538. The molecule has 0 radical (unpaired) electrons. The minimum Gasteiger partial charge on any atom is -1.00 e. The van der Waals surface area contributed by atoms with Gasteiger partial charge in [-0.05, 0) is 0 Å². The molecule has 28 heavy (non-hydrogen) atoms. The number of hydrogen-bond acceptors (Lipinski definition) is 0. The van der Waals surface area contributed by atoms with E-state index in [0.717, 1.165) is 0 Å². The molecule has 4 heteroatoms. The fourth-order valence-electron chi connectivity index (χ4n) is 4.05. The van der Waals surface area contributed by atoms with Gasteiger partial charge < -0.3 is 24.8 Å². The first-order valence-electron chi connectivity index (χ1n) is 9.34. The fourth-order valence-corrected chi connectivity index (χ4v) is 21.9. The van der Waals surface area contributed by atoms with E-state index in [1.807, 2.05) is 6.56 Å². The summed E-state index contributed by atoms with van der Waals surface area (Å²) < 4.78 is 3.65. The van der Waals surface area contributed by atoms with Gasteiger partial charge in [-0.15, -0.1) is 0 Å². The van der Waals surface area contributed by atoms with Gasteiger partial charge in [-0.1, -0.05) is 0 Å². The number of benzene rings is 2. The Morgan fingerprint density at radius 1 is 0.643 bits per heavy atom. The van der Waals surface area contributed by atoms with Crippen LogP contribution in [0.15, 0.2) is 91.5 Å². The summed E-state index contributed by atoms with van der Waals surface area (Å²) in [7, 11) is 0. The van der Waals surface area contributed by atoms with E-state index < -0.39 is 20.4 Å². The maximum atomic E-state index is 2.56. The van der Waals surface area contributed by atoms with Crippen LogP contribution >= 0.6 is 0 Å². The van der Waals surface area contributed by atoms with Gasteiger partial charge in [-0.2, -0.15) is 0 Å². The molecule has 2 aromatic rings. The third kappa shape index (κ3) is 4.79. The Hall–Kier alpha value is -0.920. The van der Waals surface area contributed by atoms with Gasteiger partial charge in [0.05, 0.1) is 0 Å². The molecular weight excluding hydrogens is 478 g/mol. The van der Waals surface area contributed by atoms with Crippen LogP contribution in [0.3, 0.4) is 0 Å². The van der Waals surface area contributed by atoms with Crippen molar-refractivity contribution in [3.05, 3.63) is 103 Å². The standard InChI is InChI=1S/2C11H9.C2H6Si.2ClH.Zr/c2*1-2-6-10(7-3-1)11-8-4-5-9-11;1-3-2;;;/h2*1-4,6-8H,5H2;1-2H3;2*1H;/q;;;;;+2/p-2. The number of hydrogen-bond donors (Lipinski definition) is 0. The molecule has 0 amide bonds. The summed E-state index contributed by atoms with van der Waals surface area (Å²) in [6.07, 6.45) is 11.9. The van der Waals surface area contributed by atoms with Crippen molar-refractivity contribution in [3.8, 4) is 0 Å². The van der Waals surface area contributed by atoms with Crippen molar-refractivity contribution >= 4 is 16.6 Å². The first-order chi connectivity index (χ1) is 12.8. The maximum Gasteiger partial charge on any atom is -1.00 e. The van der Waals surface area contributed by atoms with Gasteiger partial charge in [0.25, 0.3) is 0 Å². The number of allylic oxidation sites excluding steroid dienone is 8. The average molecular weight is 503 g/mol. The van der Waals surface area contributed by atoms with E-state index in [4.69, 9.17) is 0 Å². The third-order valence-corrected chi connectivity index (χ3v) is 22.4. The Labute approximate surface area is 189 Å². The van der Waals surface area contributed by atoms with Crippen LogP contribution in [0.1, 0.15) is 24.0 Å². The maximum absolute atomic E-state index is 2.56. The molecule has 0 spiro atoms. The minimum atomic E-state index is -1.85. The van der Waals surface area contributed by atoms with E-state index >= 15 is 0 Å².